The zero-order valence-electron chi connectivity index (χ0n) is 7.95. The molecule has 68 valence electrons. The van der Waals surface area contributed by atoms with E-state index in [2.05, 4.69) is 25.1 Å². The maximum Gasteiger partial charge on any atom is 0.0961 e. The predicted molar refractivity (Wildman–Crippen MR) is 56.7 cm³/mol. The number of nitriles is 1. The molecule has 1 atom stereocenters. The van der Waals surface area contributed by atoms with E-state index in [1.54, 1.807) is 11.8 Å². The molecular weight excluding hydrogens is 178 g/mol. The summed E-state index contributed by atoms with van der Waals surface area (Å²) in [6.45, 7) is 4.12. The molecule has 1 aromatic carbocycles. The summed E-state index contributed by atoms with van der Waals surface area (Å²) in [4.78, 5) is 1.22. The Kier molecular flexibility index (Phi) is 3.85. The van der Waals surface area contributed by atoms with Crippen LogP contribution in [0.5, 0.6) is 0 Å². The lowest BCUT2D eigenvalue weighted by molar-refractivity contribution is 0.984. The number of thioether (sulfide) groups is 1. The SMILES string of the molecule is CCC(C#N)Sc1ccccc1C. The van der Waals surface area contributed by atoms with Crippen LogP contribution in [0, 0.1) is 18.3 Å². The first kappa shape index (κ1) is 10.1. The van der Waals surface area contributed by atoms with Gasteiger partial charge in [-0.3, -0.25) is 0 Å². The lowest BCUT2D eigenvalue weighted by atomic mass is 10.2. The molecule has 0 saturated heterocycles. The van der Waals surface area contributed by atoms with Gasteiger partial charge >= 0.3 is 0 Å². The molecule has 0 N–H and O–H groups in total. The van der Waals surface area contributed by atoms with Crippen molar-refractivity contribution in [3.8, 4) is 6.07 Å². The van der Waals surface area contributed by atoms with Gasteiger partial charge in [-0.2, -0.15) is 5.26 Å². The highest BCUT2D eigenvalue weighted by atomic mass is 32.2. The Morgan fingerprint density at radius 1 is 1.46 bits per heavy atom. The first-order chi connectivity index (χ1) is 6.27. The fraction of sp³-hybridized carbons (Fsp3) is 0.364. The van der Waals surface area contributed by atoms with Gasteiger partial charge in [-0.15, -0.1) is 11.8 Å². The minimum Gasteiger partial charge on any atom is -0.197 e. The molecule has 0 spiro atoms. The van der Waals surface area contributed by atoms with Crippen LogP contribution in [-0.2, 0) is 0 Å². The molecule has 0 aliphatic rings. The summed E-state index contributed by atoms with van der Waals surface area (Å²) in [6, 6.07) is 10.5. The Morgan fingerprint density at radius 2 is 2.15 bits per heavy atom. The van der Waals surface area contributed by atoms with E-state index < -0.39 is 0 Å². The first-order valence-electron chi connectivity index (χ1n) is 4.39. The van der Waals surface area contributed by atoms with Gasteiger partial charge in [-0.25, -0.2) is 0 Å². The van der Waals surface area contributed by atoms with E-state index in [0.717, 1.165) is 6.42 Å². The molecular formula is C11H13NS. The summed E-state index contributed by atoms with van der Waals surface area (Å²) in [5.74, 6) is 0. The molecule has 1 aromatic rings. The van der Waals surface area contributed by atoms with Crippen molar-refractivity contribution in [3.63, 3.8) is 0 Å². The lowest BCUT2D eigenvalue weighted by Gasteiger charge is -2.07. The van der Waals surface area contributed by atoms with Crippen LogP contribution in [0.25, 0.3) is 0 Å². The Morgan fingerprint density at radius 3 is 2.69 bits per heavy atom. The average Bonchev–Trinajstić information content (AvgIpc) is 2.17. The highest BCUT2D eigenvalue weighted by molar-refractivity contribution is 8.00. The van der Waals surface area contributed by atoms with E-state index in [4.69, 9.17) is 5.26 Å². The van der Waals surface area contributed by atoms with Crippen LogP contribution >= 0.6 is 11.8 Å². The molecule has 0 aromatic heterocycles. The van der Waals surface area contributed by atoms with Crippen molar-refractivity contribution in [2.45, 2.75) is 30.4 Å². The number of hydrogen-bond acceptors (Lipinski definition) is 2. The van der Waals surface area contributed by atoms with E-state index in [1.165, 1.54) is 10.5 Å². The maximum absolute atomic E-state index is 8.81. The molecule has 1 unspecified atom stereocenters. The second kappa shape index (κ2) is 4.94. The number of aryl methyl sites for hydroxylation is 1. The molecule has 0 bridgehead atoms. The molecule has 2 heteroatoms. The summed E-state index contributed by atoms with van der Waals surface area (Å²) < 4.78 is 0. The third-order valence-electron chi connectivity index (χ3n) is 1.88. The Balaban J connectivity index is 2.74. The number of rotatable bonds is 3. The molecule has 1 nitrogen and oxygen atoms in total. The van der Waals surface area contributed by atoms with Gasteiger partial charge in [0.15, 0.2) is 0 Å². The van der Waals surface area contributed by atoms with E-state index in [-0.39, 0.29) is 5.25 Å². The smallest absolute Gasteiger partial charge is 0.0961 e. The topological polar surface area (TPSA) is 23.8 Å². The standard InChI is InChI=1S/C11H13NS/c1-3-10(8-12)13-11-7-5-4-6-9(11)2/h4-7,10H,3H2,1-2H3. The van der Waals surface area contributed by atoms with Crippen molar-refractivity contribution in [3.05, 3.63) is 29.8 Å². The van der Waals surface area contributed by atoms with E-state index in [0.29, 0.717) is 0 Å². The molecule has 0 saturated carbocycles. The fourth-order valence-corrected chi connectivity index (χ4v) is 1.98. The van der Waals surface area contributed by atoms with Gasteiger partial charge in [0.05, 0.1) is 11.3 Å². The minimum absolute atomic E-state index is 0.0844. The van der Waals surface area contributed by atoms with Gasteiger partial charge < -0.3 is 0 Å². The normalized spacial score (nSPS) is 12.1. The van der Waals surface area contributed by atoms with E-state index >= 15 is 0 Å². The Hall–Kier alpha value is -0.940. The van der Waals surface area contributed by atoms with Gasteiger partial charge in [0.25, 0.3) is 0 Å². The van der Waals surface area contributed by atoms with Crippen molar-refractivity contribution >= 4 is 11.8 Å². The van der Waals surface area contributed by atoms with Crippen LogP contribution in [0.1, 0.15) is 18.9 Å². The molecule has 13 heavy (non-hydrogen) atoms. The van der Waals surface area contributed by atoms with Gasteiger partial charge in [-0.1, -0.05) is 25.1 Å². The summed E-state index contributed by atoms with van der Waals surface area (Å²) in [5.41, 5.74) is 1.25. The fourth-order valence-electron chi connectivity index (χ4n) is 1.04. The first-order valence-corrected chi connectivity index (χ1v) is 5.27. The average molecular weight is 191 g/mol. The second-order valence-corrected chi connectivity index (χ2v) is 4.15. The van der Waals surface area contributed by atoms with Crippen LogP contribution in [0.15, 0.2) is 29.2 Å². The highest BCUT2D eigenvalue weighted by Gasteiger charge is 2.07. The second-order valence-electron chi connectivity index (χ2n) is 2.91. The third-order valence-corrected chi connectivity index (χ3v) is 3.31. The molecule has 0 heterocycles. The van der Waals surface area contributed by atoms with Crippen LogP contribution < -0.4 is 0 Å². The van der Waals surface area contributed by atoms with Crippen LogP contribution in [-0.4, -0.2) is 5.25 Å². The number of hydrogen-bond donors (Lipinski definition) is 0. The monoisotopic (exact) mass is 191 g/mol. The van der Waals surface area contributed by atoms with Gasteiger partial charge in [0.1, 0.15) is 0 Å². The minimum atomic E-state index is 0.0844. The molecule has 0 amide bonds. The lowest BCUT2D eigenvalue weighted by Crippen LogP contribution is -1.95. The highest BCUT2D eigenvalue weighted by Crippen LogP contribution is 2.27. The number of nitrogens with zero attached hydrogens (tertiary/aromatic N) is 1. The van der Waals surface area contributed by atoms with Gasteiger partial charge in [0, 0.05) is 4.90 Å². The van der Waals surface area contributed by atoms with Crippen molar-refractivity contribution in [1.29, 1.82) is 5.26 Å². The zero-order chi connectivity index (χ0) is 9.68. The van der Waals surface area contributed by atoms with E-state index in [1.807, 2.05) is 19.1 Å². The summed E-state index contributed by atoms with van der Waals surface area (Å²) in [5, 5.41) is 8.89. The maximum atomic E-state index is 8.81. The van der Waals surface area contributed by atoms with Crippen LogP contribution in [0.2, 0.25) is 0 Å². The Labute approximate surface area is 83.8 Å². The van der Waals surface area contributed by atoms with Gasteiger partial charge in [-0.05, 0) is 25.0 Å². The van der Waals surface area contributed by atoms with Crippen LogP contribution in [0.4, 0.5) is 0 Å². The summed E-state index contributed by atoms with van der Waals surface area (Å²) in [7, 11) is 0. The molecule has 0 aliphatic heterocycles. The largest absolute Gasteiger partial charge is 0.197 e. The summed E-state index contributed by atoms with van der Waals surface area (Å²) in [6.07, 6.45) is 0.898. The number of benzene rings is 1. The third kappa shape index (κ3) is 2.78. The zero-order valence-corrected chi connectivity index (χ0v) is 8.77. The molecule has 0 aliphatic carbocycles. The summed E-state index contributed by atoms with van der Waals surface area (Å²) >= 11 is 1.65. The van der Waals surface area contributed by atoms with E-state index in [9.17, 15) is 0 Å². The molecule has 0 fully saturated rings. The van der Waals surface area contributed by atoms with Gasteiger partial charge in [0.2, 0.25) is 0 Å². The van der Waals surface area contributed by atoms with Crippen LogP contribution in [0.3, 0.4) is 0 Å². The quantitative estimate of drug-likeness (QED) is 0.684. The van der Waals surface area contributed by atoms with Crippen molar-refractivity contribution in [2.24, 2.45) is 0 Å². The van der Waals surface area contributed by atoms with Crippen molar-refractivity contribution < 1.29 is 0 Å². The predicted octanol–water partition coefficient (Wildman–Crippen LogP) is 3.39. The molecule has 1 rings (SSSR count). The van der Waals surface area contributed by atoms with Crippen molar-refractivity contribution in [2.75, 3.05) is 0 Å². The Bertz CT molecular complexity index is 314. The van der Waals surface area contributed by atoms with Crippen molar-refractivity contribution in [1.82, 2.24) is 0 Å². The molecule has 0 radical (unpaired) electrons.